The van der Waals surface area contributed by atoms with Crippen LogP contribution in [0, 0.1) is 0 Å². The molecule has 104 valence electrons. The summed E-state index contributed by atoms with van der Waals surface area (Å²) in [7, 11) is 0. The van der Waals surface area contributed by atoms with Gasteiger partial charge < -0.3 is 20.5 Å². The van der Waals surface area contributed by atoms with Gasteiger partial charge in [-0.2, -0.15) is 4.98 Å². The van der Waals surface area contributed by atoms with Gasteiger partial charge in [0.25, 0.3) is 5.56 Å². The number of aliphatic hydroxyl groups excluding tert-OH is 2. The van der Waals surface area contributed by atoms with Crippen molar-refractivity contribution in [2.45, 2.75) is 18.6 Å². The largest absolute Gasteiger partial charge is 0.393 e. The topological polar surface area (TPSA) is 130 Å². The Morgan fingerprint density at radius 2 is 2.16 bits per heavy atom. The summed E-state index contributed by atoms with van der Waals surface area (Å²) in [4.78, 5) is 21.6. The summed E-state index contributed by atoms with van der Waals surface area (Å²) in [5.74, 6) is -0.0601. The van der Waals surface area contributed by atoms with Gasteiger partial charge in [-0.25, -0.2) is 9.37 Å². The quantitative estimate of drug-likeness (QED) is 0.539. The highest BCUT2D eigenvalue weighted by molar-refractivity contribution is 5.70. The molecular formula is C10H14FN5O3. The zero-order valence-corrected chi connectivity index (χ0v) is 10.0. The summed E-state index contributed by atoms with van der Waals surface area (Å²) < 4.78 is 15.2. The van der Waals surface area contributed by atoms with Crippen molar-refractivity contribution in [3.63, 3.8) is 0 Å². The van der Waals surface area contributed by atoms with Crippen molar-refractivity contribution in [1.82, 2.24) is 19.5 Å². The highest BCUT2D eigenvalue weighted by Crippen LogP contribution is 2.17. The van der Waals surface area contributed by atoms with Gasteiger partial charge in [-0.15, -0.1) is 0 Å². The number of nitrogens with zero attached hydrogens (tertiary/aromatic N) is 3. The first-order chi connectivity index (χ1) is 8.99. The third-order valence-corrected chi connectivity index (χ3v) is 2.86. The van der Waals surface area contributed by atoms with E-state index in [-0.39, 0.29) is 30.1 Å². The molecule has 0 saturated heterocycles. The summed E-state index contributed by atoms with van der Waals surface area (Å²) in [6.45, 7) is -1.47. The van der Waals surface area contributed by atoms with Crippen molar-refractivity contribution in [1.29, 1.82) is 0 Å². The number of aromatic nitrogens is 4. The average molecular weight is 271 g/mol. The van der Waals surface area contributed by atoms with Crippen molar-refractivity contribution in [2.24, 2.45) is 0 Å². The number of anilines is 1. The lowest BCUT2D eigenvalue weighted by Crippen LogP contribution is -2.33. The molecule has 2 aromatic heterocycles. The van der Waals surface area contributed by atoms with Crippen LogP contribution < -0.4 is 11.3 Å². The number of nitrogens with two attached hydrogens (primary N) is 1. The molecule has 0 amide bonds. The van der Waals surface area contributed by atoms with Crippen LogP contribution in [0.5, 0.6) is 0 Å². The molecule has 2 heterocycles. The van der Waals surface area contributed by atoms with Gasteiger partial charge in [0.15, 0.2) is 16.8 Å². The number of nitrogens with one attached hydrogen (secondary N) is 1. The van der Waals surface area contributed by atoms with Crippen molar-refractivity contribution < 1.29 is 14.6 Å². The Morgan fingerprint density at radius 3 is 2.79 bits per heavy atom. The predicted octanol–water partition coefficient (Wildman–Crippen LogP) is -1.22. The number of halogens is 1. The molecule has 0 aliphatic heterocycles. The van der Waals surface area contributed by atoms with Crippen LogP contribution in [-0.2, 0) is 6.54 Å². The van der Waals surface area contributed by atoms with Gasteiger partial charge in [-0.05, 0) is 0 Å². The van der Waals surface area contributed by atoms with E-state index in [1.165, 1.54) is 10.9 Å². The van der Waals surface area contributed by atoms with Crippen LogP contribution >= 0.6 is 0 Å². The van der Waals surface area contributed by atoms with E-state index >= 15 is 0 Å². The lowest BCUT2D eigenvalue weighted by Gasteiger charge is -2.20. The first-order valence-corrected chi connectivity index (χ1v) is 5.60. The molecule has 0 aliphatic carbocycles. The average Bonchev–Trinajstić information content (AvgIpc) is 2.79. The number of alkyl halides is 1. The van der Waals surface area contributed by atoms with Gasteiger partial charge >= 0.3 is 0 Å². The number of aromatic amines is 1. The zero-order chi connectivity index (χ0) is 14.0. The molecule has 19 heavy (non-hydrogen) atoms. The van der Waals surface area contributed by atoms with Gasteiger partial charge in [-0.1, -0.05) is 0 Å². The van der Waals surface area contributed by atoms with Gasteiger partial charge in [0.2, 0.25) is 5.95 Å². The summed E-state index contributed by atoms with van der Waals surface area (Å²) in [6.07, 6.45) is 1.20. The Bertz CT molecular complexity index is 634. The zero-order valence-electron chi connectivity index (χ0n) is 10.0. The predicted molar refractivity (Wildman–Crippen MR) is 65.2 cm³/mol. The summed E-state index contributed by atoms with van der Waals surface area (Å²) >= 11 is 0. The molecule has 0 unspecified atom stereocenters. The summed E-state index contributed by atoms with van der Waals surface area (Å²) in [5.41, 5.74) is 3.21. The minimum Gasteiger partial charge on any atom is -0.393 e. The smallest absolute Gasteiger partial charge is 0.280 e. The fourth-order valence-corrected chi connectivity index (χ4v) is 1.66. The second-order valence-corrected chi connectivity index (χ2v) is 4.28. The van der Waals surface area contributed by atoms with Crippen molar-refractivity contribution >= 4 is 17.1 Å². The molecule has 0 aromatic carbocycles. The number of H-pyrrole nitrogens is 1. The first-order valence-electron chi connectivity index (χ1n) is 5.60. The van der Waals surface area contributed by atoms with Crippen LogP contribution in [0.3, 0.4) is 0 Å². The molecule has 0 spiro atoms. The number of hydrogen-bond acceptors (Lipinski definition) is 6. The van der Waals surface area contributed by atoms with Crippen LogP contribution in [0.25, 0.3) is 11.2 Å². The lowest BCUT2D eigenvalue weighted by molar-refractivity contribution is 0.00683. The van der Waals surface area contributed by atoms with Crippen LogP contribution in [-0.4, -0.2) is 48.6 Å². The van der Waals surface area contributed by atoms with Gasteiger partial charge in [0, 0.05) is 13.0 Å². The van der Waals surface area contributed by atoms with E-state index in [2.05, 4.69) is 15.0 Å². The minimum absolute atomic E-state index is 0.0601. The molecule has 2 rings (SSSR count). The molecule has 0 aliphatic rings. The van der Waals surface area contributed by atoms with Crippen LogP contribution in [0.4, 0.5) is 10.3 Å². The Morgan fingerprint density at radius 1 is 1.47 bits per heavy atom. The van der Waals surface area contributed by atoms with Gasteiger partial charge in [-0.3, -0.25) is 9.78 Å². The Balaban J connectivity index is 2.29. The normalized spacial score (nSPS) is 12.2. The van der Waals surface area contributed by atoms with E-state index in [0.717, 1.165) is 0 Å². The second-order valence-electron chi connectivity index (χ2n) is 4.28. The molecule has 2 aromatic rings. The number of rotatable bonds is 5. The molecular weight excluding hydrogens is 257 g/mol. The van der Waals surface area contributed by atoms with Crippen molar-refractivity contribution in [3.05, 3.63) is 16.7 Å². The van der Waals surface area contributed by atoms with E-state index in [1.54, 1.807) is 0 Å². The molecule has 5 N–H and O–H groups in total. The van der Waals surface area contributed by atoms with Crippen molar-refractivity contribution in [2.75, 3.05) is 18.9 Å². The second kappa shape index (κ2) is 4.94. The van der Waals surface area contributed by atoms with Gasteiger partial charge in [0.05, 0.1) is 19.5 Å². The molecule has 8 nitrogen and oxygen atoms in total. The number of imidazole rings is 1. The SMILES string of the molecule is Nc1nc2c(ncn2CCC(F)(CO)CO)c(=O)[nH]1. The van der Waals surface area contributed by atoms with Crippen LogP contribution in [0.2, 0.25) is 0 Å². The lowest BCUT2D eigenvalue weighted by atomic mass is 10.0. The van der Waals surface area contributed by atoms with E-state index in [4.69, 9.17) is 15.9 Å². The Kier molecular flexibility index (Phi) is 3.49. The maximum Gasteiger partial charge on any atom is 0.280 e. The van der Waals surface area contributed by atoms with E-state index in [0.29, 0.717) is 0 Å². The number of hydrogen-bond donors (Lipinski definition) is 4. The standard InChI is InChI=1S/C10H14FN5O3/c11-10(3-17,4-18)1-2-16-5-13-6-7(16)14-9(12)15-8(6)19/h5,17-18H,1-4H2,(H3,12,14,15,19). The molecule has 0 fully saturated rings. The third kappa shape index (κ3) is 2.56. The number of aliphatic hydroxyl groups is 2. The number of aryl methyl sites for hydroxylation is 1. The van der Waals surface area contributed by atoms with E-state index in [1.807, 2.05) is 0 Å². The monoisotopic (exact) mass is 271 g/mol. The van der Waals surface area contributed by atoms with Crippen LogP contribution in [0.15, 0.2) is 11.1 Å². The highest BCUT2D eigenvalue weighted by Gasteiger charge is 2.28. The molecule has 0 saturated carbocycles. The van der Waals surface area contributed by atoms with Crippen LogP contribution in [0.1, 0.15) is 6.42 Å². The third-order valence-electron chi connectivity index (χ3n) is 2.86. The first kappa shape index (κ1) is 13.4. The van der Waals surface area contributed by atoms with Gasteiger partial charge in [0.1, 0.15) is 0 Å². The number of nitrogen functional groups attached to an aromatic ring is 1. The summed E-state index contributed by atoms with van der Waals surface area (Å²) in [6, 6.07) is 0. The Hall–Kier alpha value is -2.00. The summed E-state index contributed by atoms with van der Waals surface area (Å²) in [5, 5.41) is 17.7. The molecule has 0 bridgehead atoms. The molecule has 0 atom stereocenters. The minimum atomic E-state index is -2.08. The Labute approximate surface area is 106 Å². The maximum absolute atomic E-state index is 13.8. The van der Waals surface area contributed by atoms with E-state index < -0.39 is 24.4 Å². The highest BCUT2D eigenvalue weighted by atomic mass is 19.1. The maximum atomic E-state index is 13.8. The fraction of sp³-hybridized carbons (Fsp3) is 0.500. The molecule has 9 heteroatoms. The molecule has 0 radical (unpaired) electrons. The number of fused-ring (bicyclic) bond motifs is 1. The van der Waals surface area contributed by atoms with Crippen molar-refractivity contribution in [3.8, 4) is 0 Å². The fourth-order valence-electron chi connectivity index (χ4n) is 1.66. The van der Waals surface area contributed by atoms with E-state index in [9.17, 15) is 9.18 Å².